The standard InChI is InChI=1S/C44H61N7O10S/c1-7-28-23-44(28,40(54)49-62(57,58)30-16-17-30)48-38(52)33-20-29-24-51(33)39(53)37(26-13-10-9-11-14-26)47-42(56)60-25-43(3,4)18-12-15-27-19-31-32(21-34(27)59-6)46-36(22-35(31)61-29)50(5)41(55)45-8-2/h7,19,21-22,26,28-30,33,37H,1,8-18,20,23-25H2,2-6H3,(H,45,55)(H,47,56)(H,48,52)(H,49,54)/t28-,29+,33-,37-,44-/m0/s1. The van der Waals surface area contributed by atoms with Crippen LogP contribution in [0.25, 0.3) is 10.9 Å². The van der Waals surface area contributed by atoms with E-state index in [1.165, 1.54) is 15.9 Å². The molecule has 4 fully saturated rings. The third-order valence-corrected chi connectivity index (χ3v) is 14.9. The van der Waals surface area contributed by atoms with Gasteiger partial charge in [-0.15, -0.1) is 6.58 Å². The number of pyridine rings is 1. The smallest absolute Gasteiger partial charge is 0.407 e. The van der Waals surface area contributed by atoms with E-state index in [-0.39, 0.29) is 43.8 Å². The summed E-state index contributed by atoms with van der Waals surface area (Å²) in [6.07, 6.45) is 7.15. The maximum atomic E-state index is 15.0. The predicted octanol–water partition coefficient (Wildman–Crippen LogP) is 4.46. The van der Waals surface area contributed by atoms with E-state index in [9.17, 15) is 27.6 Å². The van der Waals surface area contributed by atoms with Crippen molar-refractivity contribution in [1.29, 1.82) is 0 Å². The Kier molecular flexibility index (Phi) is 13.0. The van der Waals surface area contributed by atoms with Crippen LogP contribution in [0.5, 0.6) is 11.5 Å². The van der Waals surface area contributed by atoms with Crippen LogP contribution in [0.1, 0.15) is 97.0 Å². The van der Waals surface area contributed by atoms with E-state index >= 15 is 4.79 Å². The third-order valence-electron chi connectivity index (χ3n) is 13.1. The van der Waals surface area contributed by atoms with Gasteiger partial charge in [0.05, 0.1) is 31.0 Å². The lowest BCUT2D eigenvalue weighted by atomic mass is 9.83. The number of aromatic nitrogens is 1. The number of amides is 6. The molecule has 3 aliphatic carbocycles. The van der Waals surface area contributed by atoms with Gasteiger partial charge in [-0.25, -0.2) is 23.0 Å². The molecule has 1 saturated heterocycles. The fourth-order valence-corrected chi connectivity index (χ4v) is 10.5. The molecule has 3 saturated carbocycles. The number of benzene rings is 1. The van der Waals surface area contributed by atoms with Gasteiger partial charge in [-0.05, 0) is 81.3 Å². The van der Waals surface area contributed by atoms with Crippen molar-refractivity contribution in [2.75, 3.05) is 38.8 Å². The van der Waals surface area contributed by atoms with Gasteiger partial charge < -0.3 is 35.1 Å². The Morgan fingerprint density at radius 3 is 2.50 bits per heavy atom. The highest BCUT2D eigenvalue weighted by Gasteiger charge is 2.62. The normalized spacial score (nSPS) is 26.8. The van der Waals surface area contributed by atoms with E-state index in [0.29, 0.717) is 67.5 Å². The number of cyclic esters (lactones) is 1. The molecular weight excluding hydrogens is 819 g/mol. The number of alkyl carbamates (subject to hydrolysis) is 1. The molecule has 5 atom stereocenters. The van der Waals surface area contributed by atoms with E-state index in [0.717, 1.165) is 31.2 Å². The van der Waals surface area contributed by atoms with Crippen molar-refractivity contribution < 1.29 is 46.6 Å². The zero-order valence-corrected chi connectivity index (χ0v) is 37.2. The van der Waals surface area contributed by atoms with E-state index in [1.807, 2.05) is 26.8 Å². The summed E-state index contributed by atoms with van der Waals surface area (Å²) in [5, 5.41) is 8.51. The summed E-state index contributed by atoms with van der Waals surface area (Å²) in [5.74, 6) is -1.54. The van der Waals surface area contributed by atoms with Gasteiger partial charge in [-0.3, -0.25) is 24.0 Å². The molecule has 17 nitrogen and oxygen atoms in total. The molecular formula is C44H61N7O10S. The number of hydrogen-bond acceptors (Lipinski definition) is 11. The van der Waals surface area contributed by atoms with Gasteiger partial charge in [-0.2, -0.15) is 0 Å². The average Bonchev–Trinajstić information content (AvgIpc) is 4.18. The molecule has 3 heterocycles. The van der Waals surface area contributed by atoms with Crippen LogP contribution in [0.4, 0.5) is 15.4 Å². The first kappa shape index (κ1) is 44.9. The fourth-order valence-electron chi connectivity index (χ4n) is 9.14. The highest BCUT2D eigenvalue weighted by molar-refractivity contribution is 7.91. The van der Waals surface area contributed by atoms with Crippen molar-refractivity contribution in [3.8, 4) is 11.5 Å². The predicted molar refractivity (Wildman–Crippen MR) is 231 cm³/mol. The highest BCUT2D eigenvalue weighted by atomic mass is 32.2. The summed E-state index contributed by atoms with van der Waals surface area (Å²) < 4.78 is 46.4. The number of aryl methyl sites for hydroxylation is 1. The summed E-state index contributed by atoms with van der Waals surface area (Å²) in [6, 6.07) is 2.83. The maximum Gasteiger partial charge on any atom is 0.407 e. The van der Waals surface area contributed by atoms with Crippen LogP contribution in [-0.2, 0) is 35.6 Å². The molecule has 1 aromatic carbocycles. The zero-order valence-electron chi connectivity index (χ0n) is 36.4. The molecule has 2 aromatic rings. The van der Waals surface area contributed by atoms with Gasteiger partial charge in [0.15, 0.2) is 0 Å². The molecule has 62 heavy (non-hydrogen) atoms. The van der Waals surface area contributed by atoms with Crippen LogP contribution < -0.4 is 35.0 Å². The molecule has 5 aliphatic rings. The van der Waals surface area contributed by atoms with Crippen molar-refractivity contribution in [2.45, 2.75) is 127 Å². The Hall–Kier alpha value is -5.13. The monoisotopic (exact) mass is 879 g/mol. The molecule has 0 spiro atoms. The van der Waals surface area contributed by atoms with Crippen molar-refractivity contribution in [3.63, 3.8) is 0 Å². The molecule has 7 rings (SSSR count). The van der Waals surface area contributed by atoms with Gasteiger partial charge in [0, 0.05) is 43.5 Å². The van der Waals surface area contributed by atoms with Crippen LogP contribution in [0.2, 0.25) is 0 Å². The van der Waals surface area contributed by atoms with E-state index < -0.39 is 74.1 Å². The van der Waals surface area contributed by atoms with Crippen LogP contribution in [0.15, 0.2) is 30.9 Å². The fraction of sp³-hybridized carbons (Fsp3) is 0.636. The molecule has 0 unspecified atom stereocenters. The number of ether oxygens (including phenoxy) is 3. The van der Waals surface area contributed by atoms with Gasteiger partial charge in [-0.1, -0.05) is 39.2 Å². The number of nitrogens with zero attached hydrogens (tertiary/aromatic N) is 3. The minimum absolute atomic E-state index is 0.0151. The summed E-state index contributed by atoms with van der Waals surface area (Å²) >= 11 is 0. The number of carbonyl (C=O) groups excluding carboxylic acids is 5. The third kappa shape index (κ3) is 9.59. The zero-order chi connectivity index (χ0) is 44.6. The molecule has 0 radical (unpaired) electrons. The number of rotatable bonds is 10. The minimum atomic E-state index is -3.94. The summed E-state index contributed by atoms with van der Waals surface area (Å²) in [5.41, 5.74) is -0.621. The number of anilines is 1. The number of carbonyl (C=O) groups is 5. The maximum absolute atomic E-state index is 15.0. The second kappa shape index (κ2) is 17.9. The second-order valence-corrected chi connectivity index (χ2v) is 20.3. The van der Waals surface area contributed by atoms with Crippen LogP contribution in [0, 0.1) is 17.3 Å². The van der Waals surface area contributed by atoms with Crippen molar-refractivity contribution in [3.05, 3.63) is 36.4 Å². The van der Waals surface area contributed by atoms with Gasteiger partial charge in [0.1, 0.15) is 41.0 Å². The topological polar surface area (TPSA) is 215 Å². The lowest BCUT2D eigenvalue weighted by Gasteiger charge is -2.35. The van der Waals surface area contributed by atoms with Crippen LogP contribution >= 0.6 is 0 Å². The number of fused-ring (bicyclic) bond motifs is 3. The largest absolute Gasteiger partial charge is 0.496 e. The number of urea groups is 1. The first-order valence-electron chi connectivity index (χ1n) is 21.9. The molecule has 338 valence electrons. The van der Waals surface area contributed by atoms with Crippen LogP contribution in [0.3, 0.4) is 0 Å². The molecule has 18 heteroatoms. The first-order valence-corrected chi connectivity index (χ1v) is 23.5. The van der Waals surface area contributed by atoms with E-state index in [1.54, 1.807) is 26.3 Å². The summed E-state index contributed by atoms with van der Waals surface area (Å²) in [6.45, 7) is 10.1. The quantitative estimate of drug-likeness (QED) is 0.245. The molecule has 4 bridgehead atoms. The Bertz CT molecular complexity index is 2210. The van der Waals surface area contributed by atoms with Gasteiger partial charge in [0.2, 0.25) is 21.8 Å². The Morgan fingerprint density at radius 1 is 1.10 bits per heavy atom. The molecule has 4 N–H and O–H groups in total. The SMILES string of the molecule is C=C[C@H]1C[C@@]1(NC(=O)[C@@H]1C[C@@H]2CN1C(=O)[C@H](C1CCCCC1)NC(=O)OCC(C)(C)CCCc1cc3c(cc(N(C)C(=O)NCC)nc3cc1OC)O2)C(=O)NS(=O)(=O)C1CC1. The lowest BCUT2D eigenvalue weighted by molar-refractivity contribution is -0.142. The minimum Gasteiger partial charge on any atom is -0.496 e. The summed E-state index contributed by atoms with van der Waals surface area (Å²) in [4.78, 5) is 77.7. The number of hydrogen-bond donors (Lipinski definition) is 4. The molecule has 6 amide bonds. The second-order valence-electron chi connectivity index (χ2n) is 18.3. The van der Waals surface area contributed by atoms with Crippen molar-refractivity contribution in [1.82, 2.24) is 30.6 Å². The highest BCUT2D eigenvalue weighted by Crippen LogP contribution is 2.46. The number of sulfonamides is 1. The lowest BCUT2D eigenvalue weighted by Crippen LogP contribution is -2.59. The van der Waals surface area contributed by atoms with Crippen molar-refractivity contribution in [2.24, 2.45) is 17.3 Å². The van der Waals surface area contributed by atoms with Crippen molar-refractivity contribution >= 4 is 56.6 Å². The van der Waals surface area contributed by atoms with E-state index in [4.69, 9.17) is 19.2 Å². The van der Waals surface area contributed by atoms with Gasteiger partial charge in [0.25, 0.3) is 5.91 Å². The Labute approximate surface area is 363 Å². The number of nitrogens with one attached hydrogen (secondary N) is 4. The number of methoxy groups -OCH3 is 1. The summed E-state index contributed by atoms with van der Waals surface area (Å²) in [7, 11) is -0.765. The molecule has 1 aromatic heterocycles. The Morgan fingerprint density at radius 2 is 1.84 bits per heavy atom. The Balaban J connectivity index is 1.29. The van der Waals surface area contributed by atoms with E-state index in [2.05, 4.69) is 27.3 Å². The molecule has 2 aliphatic heterocycles. The average molecular weight is 880 g/mol. The van der Waals surface area contributed by atoms with Gasteiger partial charge >= 0.3 is 12.1 Å². The first-order chi connectivity index (χ1) is 29.5. The van der Waals surface area contributed by atoms with Crippen LogP contribution in [-0.4, -0.2) is 111 Å².